The van der Waals surface area contributed by atoms with Crippen LogP contribution in [-0.4, -0.2) is 44.5 Å². The normalized spacial score (nSPS) is 30.6. The van der Waals surface area contributed by atoms with Gasteiger partial charge in [0.25, 0.3) is 5.56 Å². The number of H-pyrrole nitrogens is 1. The van der Waals surface area contributed by atoms with Gasteiger partial charge in [-0.25, -0.2) is 4.79 Å². The van der Waals surface area contributed by atoms with E-state index in [9.17, 15) is 23.5 Å². The van der Waals surface area contributed by atoms with Gasteiger partial charge in [-0.3, -0.25) is 14.3 Å². The summed E-state index contributed by atoms with van der Waals surface area (Å²) in [5.41, 5.74) is -1.82. The van der Waals surface area contributed by atoms with Crippen LogP contribution >= 0.6 is 0 Å². The van der Waals surface area contributed by atoms with Gasteiger partial charge >= 0.3 is 11.6 Å². The van der Waals surface area contributed by atoms with E-state index in [2.05, 4.69) is 0 Å². The summed E-state index contributed by atoms with van der Waals surface area (Å²) in [5, 5.41) is 18.1. The van der Waals surface area contributed by atoms with Crippen molar-refractivity contribution in [3.63, 3.8) is 0 Å². The van der Waals surface area contributed by atoms with Gasteiger partial charge in [-0.1, -0.05) is 0 Å². The molecule has 0 saturated carbocycles. The topological polar surface area (TPSA) is 105 Å². The van der Waals surface area contributed by atoms with E-state index in [-0.39, 0.29) is 0 Å². The van der Waals surface area contributed by atoms with Gasteiger partial charge in [-0.05, 0) is 0 Å². The minimum atomic E-state index is -3.75. The fraction of sp³-hybridized carbons (Fsp3) is 0.556. The van der Waals surface area contributed by atoms with Crippen LogP contribution in [0.2, 0.25) is 0 Å². The smallest absolute Gasteiger partial charge is 0.330 e. The van der Waals surface area contributed by atoms with Gasteiger partial charge in [0.15, 0.2) is 6.10 Å². The van der Waals surface area contributed by atoms with Crippen molar-refractivity contribution in [2.24, 2.45) is 0 Å². The number of aliphatic hydroxyl groups excluding tert-OH is 2. The second-order valence-electron chi connectivity index (χ2n) is 3.85. The first-order valence-corrected chi connectivity index (χ1v) is 5.01. The lowest BCUT2D eigenvalue weighted by molar-refractivity contribution is -0.141. The number of hydrogen-bond donors (Lipinski definition) is 3. The lowest BCUT2D eigenvalue weighted by Gasteiger charge is -2.20. The minimum Gasteiger partial charge on any atom is -0.394 e. The number of hydrogen-bond acceptors (Lipinski definition) is 5. The Bertz CT molecular complexity index is 554. The molecule has 1 saturated heterocycles. The molecule has 1 aliphatic rings. The highest BCUT2D eigenvalue weighted by molar-refractivity contribution is 4.97. The summed E-state index contributed by atoms with van der Waals surface area (Å²) in [6, 6.07) is 0.874. The van der Waals surface area contributed by atoms with Gasteiger partial charge < -0.3 is 14.9 Å². The second-order valence-corrected chi connectivity index (χ2v) is 3.85. The van der Waals surface area contributed by atoms with Gasteiger partial charge in [0.05, 0.1) is 6.61 Å². The first-order valence-electron chi connectivity index (χ1n) is 5.01. The van der Waals surface area contributed by atoms with E-state index in [4.69, 9.17) is 9.84 Å². The first-order chi connectivity index (χ1) is 8.37. The van der Waals surface area contributed by atoms with Crippen LogP contribution in [0.25, 0.3) is 0 Å². The molecular weight excluding hydrogens is 254 g/mol. The van der Waals surface area contributed by atoms with Gasteiger partial charge in [0.1, 0.15) is 6.10 Å². The fourth-order valence-electron chi connectivity index (χ4n) is 1.73. The molecule has 0 aromatic carbocycles. The van der Waals surface area contributed by atoms with E-state index in [1.165, 1.54) is 0 Å². The molecule has 18 heavy (non-hydrogen) atoms. The highest BCUT2D eigenvalue weighted by Crippen LogP contribution is 2.41. The summed E-state index contributed by atoms with van der Waals surface area (Å²) in [5.74, 6) is -3.75. The molecule has 1 aromatic heterocycles. The van der Waals surface area contributed by atoms with Crippen molar-refractivity contribution < 1.29 is 23.7 Å². The number of halogens is 2. The molecule has 1 aliphatic heterocycles. The molecule has 0 aliphatic carbocycles. The van der Waals surface area contributed by atoms with Crippen molar-refractivity contribution in [2.45, 2.75) is 24.4 Å². The molecule has 0 unspecified atom stereocenters. The van der Waals surface area contributed by atoms with Crippen molar-refractivity contribution >= 4 is 0 Å². The number of ether oxygens (including phenoxy) is 1. The predicted molar refractivity (Wildman–Crippen MR) is 53.3 cm³/mol. The highest BCUT2D eigenvalue weighted by Gasteiger charge is 2.59. The molecule has 3 N–H and O–H groups in total. The quantitative estimate of drug-likeness (QED) is 0.598. The molecule has 0 spiro atoms. The van der Waals surface area contributed by atoms with Gasteiger partial charge in [-0.2, -0.15) is 8.78 Å². The van der Waals surface area contributed by atoms with Crippen molar-refractivity contribution in [2.75, 3.05) is 6.61 Å². The molecule has 0 radical (unpaired) electrons. The third-order valence-electron chi connectivity index (χ3n) is 2.66. The van der Waals surface area contributed by atoms with Crippen molar-refractivity contribution in [3.05, 3.63) is 33.1 Å². The Morgan fingerprint density at radius 3 is 2.67 bits per heavy atom. The van der Waals surface area contributed by atoms with Crippen molar-refractivity contribution in [1.29, 1.82) is 0 Å². The van der Waals surface area contributed by atoms with E-state index in [0.717, 1.165) is 12.3 Å². The molecule has 100 valence electrons. The summed E-state index contributed by atoms with van der Waals surface area (Å²) in [6.45, 7) is -0.814. The van der Waals surface area contributed by atoms with Crippen molar-refractivity contribution in [3.8, 4) is 0 Å². The number of rotatable bonds is 2. The van der Waals surface area contributed by atoms with E-state index < -0.39 is 42.2 Å². The Kier molecular flexibility index (Phi) is 3.05. The highest BCUT2D eigenvalue weighted by atomic mass is 19.3. The van der Waals surface area contributed by atoms with E-state index in [1.807, 2.05) is 0 Å². The van der Waals surface area contributed by atoms with Crippen LogP contribution in [0.1, 0.15) is 6.23 Å². The maximum absolute atomic E-state index is 13.7. The number of nitrogens with one attached hydrogen (secondary N) is 1. The van der Waals surface area contributed by atoms with E-state index >= 15 is 0 Å². The largest absolute Gasteiger partial charge is 0.394 e. The summed E-state index contributed by atoms with van der Waals surface area (Å²) in [7, 11) is 0. The molecule has 7 nitrogen and oxygen atoms in total. The third-order valence-corrected chi connectivity index (χ3v) is 2.66. The molecule has 2 heterocycles. The Hall–Kier alpha value is -1.58. The fourth-order valence-corrected chi connectivity index (χ4v) is 1.73. The average Bonchev–Trinajstić information content (AvgIpc) is 2.52. The Balaban J connectivity index is 2.45. The van der Waals surface area contributed by atoms with E-state index in [0.29, 0.717) is 4.57 Å². The van der Waals surface area contributed by atoms with E-state index in [1.54, 1.807) is 4.98 Å². The number of alkyl halides is 2. The first kappa shape index (κ1) is 12.9. The van der Waals surface area contributed by atoms with Crippen LogP contribution in [0.15, 0.2) is 21.9 Å². The second kappa shape index (κ2) is 4.26. The van der Waals surface area contributed by atoms with Gasteiger partial charge in [0.2, 0.25) is 6.23 Å². The standard InChI is InChI=1S/C9H10F2N2O5/c10-9(11)6(16)4(3-14)18-7(9)13-2-1-5(15)12-8(13)17/h1-2,4,6-7,14,16H,3H2,(H,12,15,17)/t4-,6+,7-/m1/s1. The maximum atomic E-state index is 13.7. The lowest BCUT2D eigenvalue weighted by Crippen LogP contribution is -2.42. The molecule has 3 atom stereocenters. The lowest BCUT2D eigenvalue weighted by atomic mass is 10.1. The van der Waals surface area contributed by atoms with Crippen LogP contribution in [0.5, 0.6) is 0 Å². The number of nitrogens with zero attached hydrogens (tertiary/aromatic N) is 1. The molecule has 2 rings (SSSR count). The van der Waals surface area contributed by atoms with Gasteiger partial charge in [0, 0.05) is 12.3 Å². The summed E-state index contributed by atoms with van der Waals surface area (Å²) < 4.78 is 32.5. The van der Waals surface area contributed by atoms with Crippen LogP contribution in [0.4, 0.5) is 8.78 Å². The summed E-state index contributed by atoms with van der Waals surface area (Å²) >= 11 is 0. The SMILES string of the molecule is O=c1ccn([C@@H]2O[C@H](CO)[C@H](O)C2(F)F)c(=O)[nH]1. The van der Waals surface area contributed by atoms with Crippen LogP contribution in [0, 0.1) is 0 Å². The zero-order chi connectivity index (χ0) is 13.5. The van der Waals surface area contributed by atoms with Crippen molar-refractivity contribution in [1.82, 2.24) is 9.55 Å². The molecule has 1 aromatic rings. The number of aliphatic hydroxyl groups is 2. The van der Waals surface area contributed by atoms with Crippen LogP contribution in [0.3, 0.4) is 0 Å². The number of aromatic nitrogens is 2. The zero-order valence-corrected chi connectivity index (χ0v) is 8.92. The van der Waals surface area contributed by atoms with Crippen LogP contribution in [-0.2, 0) is 4.74 Å². The third kappa shape index (κ3) is 1.85. The molecule has 0 amide bonds. The Morgan fingerprint density at radius 2 is 2.17 bits per heavy atom. The zero-order valence-electron chi connectivity index (χ0n) is 8.92. The van der Waals surface area contributed by atoms with Crippen LogP contribution < -0.4 is 11.2 Å². The number of aromatic amines is 1. The molecule has 9 heteroatoms. The monoisotopic (exact) mass is 264 g/mol. The minimum absolute atomic E-state index is 0.459. The molecular formula is C9H10F2N2O5. The summed E-state index contributed by atoms with van der Waals surface area (Å²) in [6.07, 6.45) is -4.96. The Labute approximate surface area is 98.3 Å². The maximum Gasteiger partial charge on any atom is 0.330 e. The summed E-state index contributed by atoms with van der Waals surface area (Å²) in [4.78, 5) is 24.0. The van der Waals surface area contributed by atoms with Gasteiger partial charge in [-0.15, -0.1) is 0 Å². The molecule has 0 bridgehead atoms. The predicted octanol–water partition coefficient (Wildman–Crippen LogP) is -1.58. The average molecular weight is 264 g/mol. The Morgan fingerprint density at radius 1 is 1.50 bits per heavy atom. The molecule has 1 fully saturated rings.